The standard InChI is InChI=1S/C25H21ClN2O5S/c1-13(2)33-24(30)21-14(3)27-25-28(22(21)16-5-7-17(26)8-6-16)23(29)20(34-25)11-15-4-9-18-19(10-15)32-12-31-18/h4-11,13,22H,12H2,1-3H3/b20-11-/t22-/m0/s1. The van der Waals surface area contributed by atoms with Crippen molar-refractivity contribution in [3.63, 3.8) is 0 Å². The lowest BCUT2D eigenvalue weighted by molar-refractivity contribution is -0.143. The topological polar surface area (TPSA) is 79.1 Å². The maximum atomic E-state index is 13.6. The molecule has 3 heterocycles. The van der Waals surface area contributed by atoms with E-state index < -0.39 is 12.0 Å². The Bertz CT molecular complexity index is 1500. The number of allylic oxidation sites excluding steroid dienone is 1. The van der Waals surface area contributed by atoms with E-state index in [1.165, 1.54) is 11.3 Å². The summed E-state index contributed by atoms with van der Waals surface area (Å²) in [6, 6.07) is 11.9. The van der Waals surface area contributed by atoms with Crippen molar-refractivity contribution in [1.82, 2.24) is 4.57 Å². The van der Waals surface area contributed by atoms with Gasteiger partial charge in [0.05, 0.1) is 27.9 Å². The number of thiazole rings is 1. The van der Waals surface area contributed by atoms with Gasteiger partial charge in [0.25, 0.3) is 5.56 Å². The van der Waals surface area contributed by atoms with E-state index in [-0.39, 0.29) is 18.5 Å². The van der Waals surface area contributed by atoms with Crippen molar-refractivity contribution in [2.45, 2.75) is 32.9 Å². The van der Waals surface area contributed by atoms with Crippen molar-refractivity contribution in [3.8, 4) is 11.5 Å². The second-order valence-electron chi connectivity index (χ2n) is 8.20. The predicted octanol–water partition coefficient (Wildman–Crippen LogP) is 3.57. The van der Waals surface area contributed by atoms with E-state index in [2.05, 4.69) is 4.99 Å². The molecule has 0 amide bonds. The van der Waals surface area contributed by atoms with Gasteiger partial charge in [-0.25, -0.2) is 9.79 Å². The average Bonchev–Trinajstić information content (AvgIpc) is 3.37. The number of hydrogen-bond acceptors (Lipinski definition) is 7. The molecule has 1 aromatic heterocycles. The van der Waals surface area contributed by atoms with Crippen molar-refractivity contribution in [2.24, 2.45) is 4.99 Å². The molecule has 34 heavy (non-hydrogen) atoms. The first kappa shape index (κ1) is 22.4. The molecule has 3 aromatic rings. The first-order valence-corrected chi connectivity index (χ1v) is 11.9. The summed E-state index contributed by atoms with van der Waals surface area (Å²) in [6.45, 7) is 5.50. The minimum Gasteiger partial charge on any atom is -0.459 e. The van der Waals surface area contributed by atoms with Crippen LogP contribution in [0.15, 0.2) is 63.5 Å². The molecule has 2 aromatic carbocycles. The summed E-state index contributed by atoms with van der Waals surface area (Å²) >= 11 is 7.37. The Morgan fingerprint density at radius 2 is 1.94 bits per heavy atom. The smallest absolute Gasteiger partial charge is 0.338 e. The molecular weight excluding hydrogens is 476 g/mol. The first-order valence-electron chi connectivity index (χ1n) is 10.7. The van der Waals surface area contributed by atoms with Gasteiger partial charge < -0.3 is 14.2 Å². The van der Waals surface area contributed by atoms with E-state index in [1.54, 1.807) is 43.5 Å². The lowest BCUT2D eigenvalue weighted by Gasteiger charge is -2.25. The highest BCUT2D eigenvalue weighted by Gasteiger charge is 2.33. The van der Waals surface area contributed by atoms with Crippen LogP contribution in [-0.2, 0) is 9.53 Å². The van der Waals surface area contributed by atoms with Gasteiger partial charge in [-0.15, -0.1) is 0 Å². The summed E-state index contributed by atoms with van der Waals surface area (Å²) in [4.78, 5) is 31.8. The molecule has 0 saturated heterocycles. The van der Waals surface area contributed by atoms with Crippen LogP contribution in [0, 0.1) is 0 Å². The maximum Gasteiger partial charge on any atom is 0.338 e. The van der Waals surface area contributed by atoms with Crippen LogP contribution < -0.4 is 24.4 Å². The van der Waals surface area contributed by atoms with Gasteiger partial charge in [0.2, 0.25) is 6.79 Å². The Morgan fingerprint density at radius 1 is 1.21 bits per heavy atom. The van der Waals surface area contributed by atoms with Crippen molar-refractivity contribution in [1.29, 1.82) is 0 Å². The van der Waals surface area contributed by atoms with Crippen LogP contribution in [-0.4, -0.2) is 23.4 Å². The molecule has 0 N–H and O–H groups in total. The van der Waals surface area contributed by atoms with Crippen LogP contribution in [0.1, 0.15) is 37.9 Å². The number of fused-ring (bicyclic) bond motifs is 2. The monoisotopic (exact) mass is 496 g/mol. The molecular formula is C25H21ClN2O5S. The Labute approximate surface area is 204 Å². The summed E-state index contributed by atoms with van der Waals surface area (Å²) in [7, 11) is 0. The second kappa shape index (κ2) is 8.77. The number of ether oxygens (including phenoxy) is 3. The van der Waals surface area contributed by atoms with Crippen molar-refractivity contribution in [2.75, 3.05) is 6.79 Å². The molecule has 9 heteroatoms. The third kappa shape index (κ3) is 4.03. The molecule has 0 unspecified atom stereocenters. The van der Waals surface area contributed by atoms with Crippen LogP contribution in [0.2, 0.25) is 5.02 Å². The second-order valence-corrected chi connectivity index (χ2v) is 9.65. The molecule has 0 radical (unpaired) electrons. The number of aromatic nitrogens is 1. The van der Waals surface area contributed by atoms with Crippen LogP contribution in [0.25, 0.3) is 6.08 Å². The molecule has 0 spiro atoms. The normalized spacial score (nSPS) is 17.1. The van der Waals surface area contributed by atoms with Gasteiger partial charge in [0, 0.05) is 5.02 Å². The molecule has 2 aliphatic heterocycles. The lowest BCUT2D eigenvalue weighted by atomic mass is 9.96. The van der Waals surface area contributed by atoms with Crippen LogP contribution in [0.5, 0.6) is 11.5 Å². The zero-order valence-electron chi connectivity index (χ0n) is 18.7. The van der Waals surface area contributed by atoms with E-state index in [0.717, 1.165) is 11.1 Å². The summed E-state index contributed by atoms with van der Waals surface area (Å²) in [5.74, 6) is 0.807. The summed E-state index contributed by atoms with van der Waals surface area (Å²) in [5, 5.41) is 0.561. The Morgan fingerprint density at radius 3 is 2.68 bits per heavy atom. The number of esters is 1. The number of carbonyl (C=O) groups excluding carboxylic acids is 1. The third-order valence-electron chi connectivity index (χ3n) is 5.46. The number of halogens is 1. The molecule has 174 valence electrons. The maximum absolute atomic E-state index is 13.6. The fraction of sp³-hybridized carbons (Fsp3) is 0.240. The summed E-state index contributed by atoms with van der Waals surface area (Å²) < 4.78 is 18.4. The van der Waals surface area contributed by atoms with E-state index in [1.807, 2.05) is 30.3 Å². The van der Waals surface area contributed by atoms with Crippen molar-refractivity contribution < 1.29 is 19.0 Å². The Balaban J connectivity index is 1.68. The Hall–Kier alpha value is -3.36. The first-order chi connectivity index (χ1) is 16.3. The highest BCUT2D eigenvalue weighted by atomic mass is 35.5. The SMILES string of the molecule is CC1=C(C(=O)OC(C)C)[C@H](c2ccc(Cl)cc2)n2c(s/c(=C\c3ccc4c(c3)OCO4)c2=O)=N1. The van der Waals surface area contributed by atoms with Gasteiger partial charge in [-0.05, 0) is 62.2 Å². The van der Waals surface area contributed by atoms with Crippen LogP contribution in [0.3, 0.4) is 0 Å². The van der Waals surface area contributed by atoms with E-state index in [9.17, 15) is 9.59 Å². The van der Waals surface area contributed by atoms with E-state index >= 15 is 0 Å². The van der Waals surface area contributed by atoms with Gasteiger partial charge in [0.1, 0.15) is 0 Å². The number of benzene rings is 2. The number of hydrogen-bond donors (Lipinski definition) is 0. The van der Waals surface area contributed by atoms with Gasteiger partial charge in [0.15, 0.2) is 16.3 Å². The fourth-order valence-electron chi connectivity index (χ4n) is 3.97. The van der Waals surface area contributed by atoms with Gasteiger partial charge in [-0.2, -0.15) is 0 Å². The predicted molar refractivity (Wildman–Crippen MR) is 129 cm³/mol. The third-order valence-corrected chi connectivity index (χ3v) is 6.70. The summed E-state index contributed by atoms with van der Waals surface area (Å²) in [5.41, 5.74) is 2.14. The highest BCUT2D eigenvalue weighted by Crippen LogP contribution is 2.33. The molecule has 0 bridgehead atoms. The molecule has 7 nitrogen and oxygen atoms in total. The molecule has 0 aliphatic carbocycles. The zero-order chi connectivity index (χ0) is 24.0. The Kier molecular flexibility index (Phi) is 5.79. The summed E-state index contributed by atoms with van der Waals surface area (Å²) in [6.07, 6.45) is 1.48. The number of nitrogens with zero attached hydrogens (tertiary/aromatic N) is 2. The average molecular weight is 497 g/mol. The van der Waals surface area contributed by atoms with Crippen molar-refractivity contribution in [3.05, 3.63) is 89.6 Å². The fourth-order valence-corrected chi connectivity index (χ4v) is 5.15. The minimum absolute atomic E-state index is 0.177. The number of rotatable bonds is 4. The van der Waals surface area contributed by atoms with Gasteiger partial charge in [-0.3, -0.25) is 9.36 Å². The van der Waals surface area contributed by atoms with Crippen molar-refractivity contribution >= 4 is 35.0 Å². The van der Waals surface area contributed by atoms with E-state index in [4.69, 9.17) is 25.8 Å². The quantitative estimate of drug-likeness (QED) is 0.516. The van der Waals surface area contributed by atoms with E-state index in [0.29, 0.717) is 37.1 Å². The molecule has 0 fully saturated rings. The largest absolute Gasteiger partial charge is 0.459 e. The van der Waals surface area contributed by atoms with Gasteiger partial charge >= 0.3 is 5.97 Å². The molecule has 0 saturated carbocycles. The lowest BCUT2D eigenvalue weighted by Crippen LogP contribution is -2.40. The zero-order valence-corrected chi connectivity index (χ0v) is 20.3. The molecule has 5 rings (SSSR count). The van der Waals surface area contributed by atoms with Crippen LogP contribution in [0.4, 0.5) is 0 Å². The number of carbonyl (C=O) groups is 1. The highest BCUT2D eigenvalue weighted by molar-refractivity contribution is 7.07. The van der Waals surface area contributed by atoms with Crippen LogP contribution >= 0.6 is 22.9 Å². The molecule has 2 aliphatic rings. The van der Waals surface area contributed by atoms with Gasteiger partial charge in [-0.1, -0.05) is 41.1 Å². The minimum atomic E-state index is -0.682. The molecule has 1 atom stereocenters.